The van der Waals surface area contributed by atoms with Crippen LogP contribution in [0.5, 0.6) is 0 Å². The minimum atomic E-state index is -0.964. The van der Waals surface area contributed by atoms with Crippen LogP contribution in [0.2, 0.25) is 0 Å². The van der Waals surface area contributed by atoms with Gasteiger partial charge >= 0.3 is 0 Å². The lowest BCUT2D eigenvalue weighted by atomic mass is 9.51. The van der Waals surface area contributed by atoms with Gasteiger partial charge in [0.15, 0.2) is 5.78 Å². The number of allylic oxidation sites excluding steroid dienone is 4. The van der Waals surface area contributed by atoms with Crippen molar-refractivity contribution in [1.82, 2.24) is 0 Å². The molecule has 4 aliphatic carbocycles. The van der Waals surface area contributed by atoms with Gasteiger partial charge in [0.1, 0.15) is 5.60 Å². The fraction of sp³-hybridized carbons (Fsp3) is 0.533. The molecule has 1 amide bonds. The molecule has 0 bridgehead atoms. The van der Waals surface area contributed by atoms with E-state index in [9.17, 15) is 14.7 Å². The Bertz CT molecular complexity index is 1160. The molecule has 4 nitrogen and oxygen atoms in total. The van der Waals surface area contributed by atoms with Crippen LogP contribution in [-0.4, -0.2) is 29.4 Å². The molecule has 0 heterocycles. The van der Waals surface area contributed by atoms with Crippen LogP contribution in [0.3, 0.4) is 0 Å². The summed E-state index contributed by atoms with van der Waals surface area (Å²) in [7, 11) is 1.80. The summed E-state index contributed by atoms with van der Waals surface area (Å²) < 4.78 is 0. The highest BCUT2D eigenvalue weighted by Gasteiger charge is 2.62. The maximum Gasteiger partial charge on any atom is 0.223 e. The van der Waals surface area contributed by atoms with Gasteiger partial charge in [-0.05, 0) is 92.2 Å². The van der Waals surface area contributed by atoms with Gasteiger partial charge in [-0.3, -0.25) is 9.59 Å². The number of hydrogen-bond acceptors (Lipinski definition) is 3. The lowest BCUT2D eigenvalue weighted by Gasteiger charge is -2.53. The quantitative estimate of drug-likeness (QED) is 0.611. The number of carbonyl (C=O) groups is 2. The van der Waals surface area contributed by atoms with Gasteiger partial charge in [-0.15, -0.1) is 5.92 Å². The van der Waals surface area contributed by atoms with E-state index in [0.29, 0.717) is 18.3 Å². The van der Waals surface area contributed by atoms with Crippen molar-refractivity contribution in [2.24, 2.45) is 17.3 Å². The van der Waals surface area contributed by atoms with Gasteiger partial charge in [0.25, 0.3) is 0 Å². The fourth-order valence-electron chi connectivity index (χ4n) is 7.49. The Morgan fingerprint density at radius 3 is 2.56 bits per heavy atom. The molecule has 1 N–H and O–H groups in total. The number of benzene rings is 1. The third kappa shape index (κ3) is 3.40. The Balaban J connectivity index is 1.64. The van der Waals surface area contributed by atoms with Gasteiger partial charge in [0.05, 0.1) is 0 Å². The Labute approximate surface area is 203 Å². The van der Waals surface area contributed by atoms with Crippen LogP contribution in [0, 0.1) is 29.1 Å². The van der Waals surface area contributed by atoms with Crippen LogP contribution in [-0.2, 0) is 9.59 Å². The Hall–Kier alpha value is -2.64. The van der Waals surface area contributed by atoms with E-state index in [1.165, 1.54) is 22.3 Å². The minimum absolute atomic E-state index is 0.00820. The zero-order valence-corrected chi connectivity index (χ0v) is 20.8. The zero-order valence-electron chi connectivity index (χ0n) is 20.8. The summed E-state index contributed by atoms with van der Waals surface area (Å²) in [4.78, 5) is 25.7. The zero-order chi connectivity index (χ0) is 24.3. The molecular weight excluding hydrogens is 422 g/mol. The first kappa shape index (κ1) is 23.1. The van der Waals surface area contributed by atoms with Crippen molar-refractivity contribution >= 4 is 17.4 Å². The van der Waals surface area contributed by atoms with E-state index in [2.05, 4.69) is 30.9 Å². The summed E-state index contributed by atoms with van der Waals surface area (Å²) in [6, 6.07) is 8.36. The molecule has 0 saturated heterocycles. The number of ketones is 1. The second-order valence-electron chi connectivity index (χ2n) is 10.9. The Morgan fingerprint density at radius 1 is 1.15 bits per heavy atom. The molecule has 0 aliphatic heterocycles. The number of nitrogens with zero attached hydrogens (tertiary/aromatic N) is 1. The maximum absolute atomic E-state index is 12.2. The SMILES string of the molecule is CC#C[C@]1(O)CC[C@H]2[C@@H]3CCC4=CC(=O)CCC4=C3[C@@H](c3ccc(N(C)C(C)=O)cc3)C[C@@]21C. The normalized spacial score (nSPS) is 34.3. The third-order valence-electron chi connectivity index (χ3n) is 9.37. The van der Waals surface area contributed by atoms with Crippen LogP contribution in [0.4, 0.5) is 5.69 Å². The second-order valence-corrected chi connectivity index (χ2v) is 10.9. The summed E-state index contributed by atoms with van der Waals surface area (Å²) >= 11 is 0. The van der Waals surface area contributed by atoms with Crippen LogP contribution in [0.15, 0.2) is 47.1 Å². The van der Waals surface area contributed by atoms with Crippen LogP contribution in [0.25, 0.3) is 0 Å². The molecule has 5 rings (SSSR count). The molecule has 2 fully saturated rings. The molecule has 0 radical (unpaired) electrons. The molecular formula is C30H35NO3. The van der Waals surface area contributed by atoms with Gasteiger partial charge in [-0.1, -0.05) is 30.6 Å². The van der Waals surface area contributed by atoms with Crippen molar-refractivity contribution < 1.29 is 14.7 Å². The molecule has 178 valence electrons. The van der Waals surface area contributed by atoms with E-state index in [0.717, 1.165) is 44.2 Å². The standard InChI is InChI=1S/C30H35NO3/c1-5-15-30(34)16-14-27-25-12-8-21-17-23(33)11-13-24(21)28(25)26(18-29(27,30)3)20-6-9-22(10-7-20)31(4)19(2)32/h6-7,9-10,17,25-27,34H,8,11-14,16,18H2,1-4H3/t25-,26+,27-,29-,30-/m0/s1. The summed E-state index contributed by atoms with van der Waals surface area (Å²) in [6.07, 6.45) is 7.88. The first-order valence-corrected chi connectivity index (χ1v) is 12.7. The molecule has 1 aromatic carbocycles. The fourth-order valence-corrected chi connectivity index (χ4v) is 7.49. The van der Waals surface area contributed by atoms with Crippen molar-refractivity contribution in [2.45, 2.75) is 77.2 Å². The molecule has 0 unspecified atom stereocenters. The van der Waals surface area contributed by atoms with Crippen molar-refractivity contribution in [2.75, 3.05) is 11.9 Å². The highest BCUT2D eigenvalue weighted by atomic mass is 16.3. The second kappa shape index (κ2) is 8.24. The summed E-state index contributed by atoms with van der Waals surface area (Å²) in [5.74, 6) is 7.49. The molecule has 34 heavy (non-hydrogen) atoms. The van der Waals surface area contributed by atoms with Crippen LogP contribution in [0.1, 0.15) is 77.2 Å². The predicted molar refractivity (Wildman–Crippen MR) is 134 cm³/mol. The average Bonchev–Trinajstić information content (AvgIpc) is 3.08. The summed E-state index contributed by atoms with van der Waals surface area (Å²) in [6.45, 7) is 5.66. The average molecular weight is 458 g/mol. The predicted octanol–water partition coefficient (Wildman–Crippen LogP) is 5.32. The highest BCUT2D eigenvalue weighted by molar-refractivity contribution is 5.93. The minimum Gasteiger partial charge on any atom is -0.377 e. The lowest BCUT2D eigenvalue weighted by molar-refractivity contribution is -0.116. The van der Waals surface area contributed by atoms with Crippen molar-refractivity contribution in [3.8, 4) is 11.8 Å². The monoisotopic (exact) mass is 457 g/mol. The van der Waals surface area contributed by atoms with Crippen molar-refractivity contribution in [3.05, 3.63) is 52.6 Å². The first-order chi connectivity index (χ1) is 16.2. The number of amides is 1. The van der Waals surface area contributed by atoms with Gasteiger partial charge in [-0.2, -0.15) is 0 Å². The van der Waals surface area contributed by atoms with E-state index in [-0.39, 0.29) is 23.0 Å². The van der Waals surface area contributed by atoms with E-state index in [4.69, 9.17) is 0 Å². The van der Waals surface area contributed by atoms with Gasteiger partial charge in [-0.25, -0.2) is 0 Å². The number of fused-ring (bicyclic) bond motifs is 4. The van der Waals surface area contributed by atoms with Gasteiger partial charge < -0.3 is 10.0 Å². The number of hydrogen-bond donors (Lipinski definition) is 1. The number of anilines is 1. The Morgan fingerprint density at radius 2 is 1.88 bits per heavy atom. The molecule has 0 spiro atoms. The van der Waals surface area contributed by atoms with E-state index in [1.807, 2.05) is 25.1 Å². The third-order valence-corrected chi connectivity index (χ3v) is 9.37. The maximum atomic E-state index is 12.2. The molecule has 1 aromatic rings. The smallest absolute Gasteiger partial charge is 0.223 e. The first-order valence-electron chi connectivity index (χ1n) is 12.7. The van der Waals surface area contributed by atoms with E-state index in [1.54, 1.807) is 18.9 Å². The number of rotatable bonds is 2. The molecule has 0 aromatic heterocycles. The summed E-state index contributed by atoms with van der Waals surface area (Å²) in [5, 5.41) is 11.8. The topological polar surface area (TPSA) is 57.6 Å². The number of aliphatic hydroxyl groups is 1. The molecule has 5 atom stereocenters. The van der Waals surface area contributed by atoms with Crippen molar-refractivity contribution in [3.63, 3.8) is 0 Å². The van der Waals surface area contributed by atoms with Gasteiger partial charge in [0.2, 0.25) is 5.91 Å². The largest absolute Gasteiger partial charge is 0.377 e. The van der Waals surface area contributed by atoms with Crippen LogP contribution >= 0.6 is 0 Å². The highest BCUT2D eigenvalue weighted by Crippen LogP contribution is 2.66. The number of carbonyl (C=O) groups excluding carboxylic acids is 2. The molecule has 2 saturated carbocycles. The summed E-state index contributed by atoms with van der Waals surface area (Å²) in [5.41, 5.74) is 5.02. The Kier molecular flexibility index (Phi) is 5.60. The van der Waals surface area contributed by atoms with Crippen molar-refractivity contribution in [1.29, 1.82) is 0 Å². The van der Waals surface area contributed by atoms with Gasteiger partial charge in [0, 0.05) is 37.4 Å². The molecule has 4 aliphatic rings. The van der Waals surface area contributed by atoms with E-state index < -0.39 is 5.60 Å². The van der Waals surface area contributed by atoms with E-state index >= 15 is 0 Å². The molecule has 4 heteroatoms. The van der Waals surface area contributed by atoms with Crippen LogP contribution < -0.4 is 4.90 Å². The lowest BCUT2D eigenvalue weighted by Crippen LogP contribution is -2.51.